The highest BCUT2D eigenvalue weighted by molar-refractivity contribution is 5.92. The van der Waals surface area contributed by atoms with Crippen molar-refractivity contribution in [1.82, 2.24) is 4.90 Å². The number of methoxy groups -OCH3 is 2. The monoisotopic (exact) mass is 590 g/mol. The van der Waals surface area contributed by atoms with Gasteiger partial charge >= 0.3 is 5.97 Å². The van der Waals surface area contributed by atoms with Gasteiger partial charge in [-0.15, -0.1) is 0 Å². The van der Waals surface area contributed by atoms with Gasteiger partial charge in [-0.2, -0.15) is 0 Å². The Morgan fingerprint density at radius 2 is 1.60 bits per heavy atom. The van der Waals surface area contributed by atoms with Crippen molar-refractivity contribution >= 4 is 17.6 Å². The maximum Gasteiger partial charge on any atom is 0.303 e. The van der Waals surface area contributed by atoms with E-state index >= 15 is 0 Å². The summed E-state index contributed by atoms with van der Waals surface area (Å²) < 4.78 is 24.0. The molecule has 2 heterocycles. The number of amides is 1. The molecule has 1 amide bonds. The number of fused-ring (bicyclic) bond motifs is 1. The number of aliphatic hydroxyl groups excluding tert-OH is 1. The molecule has 1 fully saturated rings. The summed E-state index contributed by atoms with van der Waals surface area (Å²) in [6.45, 7) is 2.36. The summed E-state index contributed by atoms with van der Waals surface area (Å²) in [5.74, 6) is 0.0939. The molecule has 1 saturated heterocycles. The van der Waals surface area contributed by atoms with Crippen molar-refractivity contribution in [3.05, 3.63) is 88.5 Å². The summed E-state index contributed by atoms with van der Waals surface area (Å²) in [4.78, 5) is 25.2. The third kappa shape index (κ3) is 7.71. The summed E-state index contributed by atoms with van der Waals surface area (Å²) >= 11 is 0. The van der Waals surface area contributed by atoms with Crippen molar-refractivity contribution < 1.29 is 38.7 Å². The lowest BCUT2D eigenvalue weighted by atomic mass is 9.97. The lowest BCUT2D eigenvalue weighted by Gasteiger charge is -2.39. The van der Waals surface area contributed by atoms with Crippen LogP contribution in [0.15, 0.2) is 60.7 Å². The second kappa shape index (κ2) is 14.0. The van der Waals surface area contributed by atoms with E-state index in [1.165, 1.54) is 11.1 Å². The second-order valence-corrected chi connectivity index (χ2v) is 10.9. The molecule has 0 aromatic heterocycles. The Morgan fingerprint density at radius 3 is 2.26 bits per heavy atom. The van der Waals surface area contributed by atoms with Gasteiger partial charge in [0, 0.05) is 43.7 Å². The van der Waals surface area contributed by atoms with Crippen LogP contribution in [0.5, 0.6) is 11.5 Å². The molecule has 0 spiro atoms. The van der Waals surface area contributed by atoms with Crippen molar-refractivity contribution in [3.63, 3.8) is 0 Å². The van der Waals surface area contributed by atoms with Gasteiger partial charge in [-0.1, -0.05) is 36.4 Å². The molecule has 0 unspecified atom stereocenters. The van der Waals surface area contributed by atoms with Gasteiger partial charge in [-0.25, -0.2) is 0 Å². The average Bonchev–Trinajstić information content (AvgIpc) is 3.03. The first-order valence-electron chi connectivity index (χ1n) is 14.4. The fourth-order valence-electron chi connectivity index (χ4n) is 5.59. The predicted molar refractivity (Wildman–Crippen MR) is 159 cm³/mol. The molecule has 10 heteroatoms. The number of carbonyl (C=O) groups excluding carboxylic acids is 1. The van der Waals surface area contributed by atoms with Gasteiger partial charge in [0.1, 0.15) is 0 Å². The summed E-state index contributed by atoms with van der Waals surface area (Å²) in [5.41, 5.74) is 5.71. The molecular weight excluding hydrogens is 552 g/mol. The Labute approximate surface area is 251 Å². The van der Waals surface area contributed by atoms with Gasteiger partial charge in [0.2, 0.25) is 5.91 Å². The molecule has 0 saturated carbocycles. The SMILES string of the molecule is COc1cc2c(cc1OC)CN(C[C@@H]1C[C@H](c3ccc(CO)cc3)O[C@H](c3ccc(NC(=O)CCC(=O)O)cc3)O1)CC2. The van der Waals surface area contributed by atoms with Crippen LogP contribution in [0.1, 0.15) is 59.5 Å². The van der Waals surface area contributed by atoms with Crippen LogP contribution < -0.4 is 14.8 Å². The highest BCUT2D eigenvalue weighted by Gasteiger charge is 2.34. The standard InChI is InChI=1S/C33H38N2O8/c1-40-29-15-24-13-14-35(18-25(24)16-30(29)41-2)19-27-17-28(22-5-3-21(20-36)4-6-22)43-33(42-27)23-7-9-26(10-8-23)34-31(37)11-12-32(38)39/h3-10,15-16,27-28,33,36H,11-14,17-20H2,1-2H3,(H,34,37)(H,38,39)/t27-,28+,33+/m0/s1. The highest BCUT2D eigenvalue weighted by Crippen LogP contribution is 2.39. The molecule has 3 N–H and O–H groups in total. The lowest BCUT2D eigenvalue weighted by molar-refractivity contribution is -0.253. The molecular formula is C33H38N2O8. The summed E-state index contributed by atoms with van der Waals surface area (Å²) in [7, 11) is 3.30. The number of anilines is 1. The largest absolute Gasteiger partial charge is 0.493 e. The van der Waals surface area contributed by atoms with Crippen LogP contribution in [0.4, 0.5) is 5.69 Å². The van der Waals surface area contributed by atoms with Gasteiger partial charge in [0.25, 0.3) is 0 Å². The quantitative estimate of drug-likeness (QED) is 0.294. The number of rotatable bonds is 11. The molecule has 0 bridgehead atoms. The maximum atomic E-state index is 12.1. The Balaban J connectivity index is 1.31. The van der Waals surface area contributed by atoms with E-state index in [9.17, 15) is 14.7 Å². The van der Waals surface area contributed by atoms with Gasteiger partial charge < -0.3 is 34.5 Å². The second-order valence-electron chi connectivity index (χ2n) is 10.9. The van der Waals surface area contributed by atoms with Crippen molar-refractivity contribution in [2.75, 3.05) is 32.6 Å². The number of benzene rings is 3. The van der Waals surface area contributed by atoms with Crippen LogP contribution in [-0.4, -0.2) is 60.4 Å². The number of aliphatic hydroxyl groups is 1. The van der Waals surface area contributed by atoms with Gasteiger partial charge in [0.05, 0.1) is 39.5 Å². The van der Waals surface area contributed by atoms with E-state index in [0.717, 1.165) is 54.2 Å². The third-order valence-corrected chi connectivity index (χ3v) is 7.91. The molecule has 0 radical (unpaired) electrons. The van der Waals surface area contributed by atoms with E-state index in [4.69, 9.17) is 24.1 Å². The van der Waals surface area contributed by atoms with Crippen molar-refractivity contribution in [2.45, 2.75) is 57.3 Å². The zero-order chi connectivity index (χ0) is 30.3. The Hall–Kier alpha value is -3.96. The number of hydrogen-bond donors (Lipinski definition) is 3. The molecule has 3 aromatic carbocycles. The van der Waals surface area contributed by atoms with Crippen molar-refractivity contribution in [3.8, 4) is 11.5 Å². The van der Waals surface area contributed by atoms with E-state index in [0.29, 0.717) is 12.1 Å². The summed E-state index contributed by atoms with van der Waals surface area (Å²) in [6, 6.07) is 19.1. The van der Waals surface area contributed by atoms with Crippen molar-refractivity contribution in [1.29, 1.82) is 0 Å². The molecule has 2 aliphatic heterocycles. The van der Waals surface area contributed by atoms with E-state index in [1.54, 1.807) is 26.4 Å². The topological polar surface area (TPSA) is 127 Å². The van der Waals surface area contributed by atoms with Gasteiger partial charge in [-0.05, 0) is 52.9 Å². The van der Waals surface area contributed by atoms with Gasteiger partial charge in [0.15, 0.2) is 17.8 Å². The van der Waals surface area contributed by atoms with Crippen LogP contribution in [-0.2, 0) is 38.6 Å². The van der Waals surface area contributed by atoms with Crippen LogP contribution in [0.2, 0.25) is 0 Å². The molecule has 10 nitrogen and oxygen atoms in total. The van der Waals surface area contributed by atoms with E-state index in [1.807, 2.05) is 36.4 Å². The molecule has 3 atom stereocenters. The zero-order valence-corrected chi connectivity index (χ0v) is 24.5. The zero-order valence-electron chi connectivity index (χ0n) is 24.5. The number of hydrogen-bond acceptors (Lipinski definition) is 8. The maximum absolute atomic E-state index is 12.1. The number of nitrogens with zero attached hydrogens (tertiary/aromatic N) is 1. The first-order chi connectivity index (χ1) is 20.8. The summed E-state index contributed by atoms with van der Waals surface area (Å²) in [5, 5.41) is 21.0. The molecule has 3 aromatic rings. The predicted octanol–water partition coefficient (Wildman–Crippen LogP) is 4.60. The van der Waals surface area contributed by atoms with Crippen LogP contribution in [0, 0.1) is 0 Å². The number of carbonyl (C=O) groups is 2. The molecule has 0 aliphatic carbocycles. The molecule has 228 valence electrons. The van der Waals surface area contributed by atoms with Crippen LogP contribution in [0.3, 0.4) is 0 Å². The van der Waals surface area contributed by atoms with Crippen molar-refractivity contribution in [2.24, 2.45) is 0 Å². The Bertz CT molecular complexity index is 1410. The fourth-order valence-corrected chi connectivity index (χ4v) is 5.59. The van der Waals surface area contributed by atoms with E-state index in [-0.39, 0.29) is 37.6 Å². The number of nitrogens with one attached hydrogen (secondary N) is 1. The molecule has 5 rings (SSSR count). The van der Waals surface area contributed by atoms with Crippen LogP contribution >= 0.6 is 0 Å². The fraction of sp³-hybridized carbons (Fsp3) is 0.394. The Kier molecular flexibility index (Phi) is 9.93. The summed E-state index contributed by atoms with van der Waals surface area (Å²) in [6.07, 6.45) is 0.299. The van der Waals surface area contributed by atoms with E-state index < -0.39 is 12.3 Å². The average molecular weight is 591 g/mol. The first kappa shape index (κ1) is 30.5. The first-order valence-corrected chi connectivity index (χ1v) is 14.4. The number of carboxylic acid groups (broad SMARTS) is 1. The smallest absolute Gasteiger partial charge is 0.303 e. The van der Waals surface area contributed by atoms with Gasteiger partial charge in [-0.3, -0.25) is 14.5 Å². The minimum Gasteiger partial charge on any atom is -0.493 e. The normalized spacial score (nSPS) is 20.2. The number of carboxylic acids is 1. The minimum atomic E-state index is -1.01. The highest BCUT2D eigenvalue weighted by atomic mass is 16.7. The number of aliphatic carboxylic acids is 1. The molecule has 43 heavy (non-hydrogen) atoms. The molecule has 2 aliphatic rings. The van der Waals surface area contributed by atoms with Crippen LogP contribution in [0.25, 0.3) is 0 Å². The lowest BCUT2D eigenvalue weighted by Crippen LogP contribution is -2.41. The van der Waals surface area contributed by atoms with E-state index in [2.05, 4.69) is 22.3 Å². The Morgan fingerprint density at radius 1 is 0.930 bits per heavy atom. The number of ether oxygens (including phenoxy) is 4. The minimum absolute atomic E-state index is 0.0214. The third-order valence-electron chi connectivity index (χ3n) is 7.91.